The Balaban J connectivity index is 1.81. The second kappa shape index (κ2) is 7.00. The number of hydrogen-bond donors (Lipinski definition) is 2. The average Bonchev–Trinajstić information content (AvgIpc) is 3.13. The molecule has 1 saturated heterocycles. The zero-order valence-electron chi connectivity index (χ0n) is 14.9. The van der Waals surface area contributed by atoms with E-state index in [2.05, 4.69) is 4.72 Å². The molecule has 1 amide bonds. The number of carbonyl (C=O) groups is 2. The summed E-state index contributed by atoms with van der Waals surface area (Å²) in [5.41, 5.74) is 0.305. The van der Waals surface area contributed by atoms with E-state index in [0.29, 0.717) is 12.1 Å². The van der Waals surface area contributed by atoms with Gasteiger partial charge < -0.3 is 10.0 Å². The first-order valence-electron chi connectivity index (χ1n) is 8.87. The molecule has 3 rings (SSSR count). The summed E-state index contributed by atoms with van der Waals surface area (Å²) in [6, 6.07) is 4.63. The van der Waals surface area contributed by atoms with Gasteiger partial charge in [0.2, 0.25) is 10.0 Å². The summed E-state index contributed by atoms with van der Waals surface area (Å²) in [4.78, 5) is 26.0. The number of carbonyl (C=O) groups excluding carboxylic acids is 1. The summed E-state index contributed by atoms with van der Waals surface area (Å²) in [5, 5.41) is 9.58. The molecule has 1 aliphatic heterocycles. The Bertz CT molecular complexity index is 803. The molecule has 7 nitrogen and oxygen atoms in total. The molecule has 0 aromatic heterocycles. The monoisotopic (exact) mass is 380 g/mol. The van der Waals surface area contributed by atoms with Crippen molar-refractivity contribution in [2.75, 3.05) is 6.54 Å². The number of amides is 1. The van der Waals surface area contributed by atoms with E-state index in [1.54, 1.807) is 13.8 Å². The van der Waals surface area contributed by atoms with E-state index in [4.69, 9.17) is 0 Å². The van der Waals surface area contributed by atoms with Crippen LogP contribution in [0.5, 0.6) is 0 Å². The van der Waals surface area contributed by atoms with Crippen molar-refractivity contribution in [3.05, 3.63) is 29.8 Å². The number of nitrogens with zero attached hydrogens (tertiary/aromatic N) is 1. The van der Waals surface area contributed by atoms with E-state index in [-0.39, 0.29) is 28.7 Å². The minimum absolute atomic E-state index is 0.0198. The van der Waals surface area contributed by atoms with Crippen molar-refractivity contribution >= 4 is 21.9 Å². The molecule has 1 heterocycles. The van der Waals surface area contributed by atoms with Gasteiger partial charge in [-0.3, -0.25) is 4.79 Å². The van der Waals surface area contributed by atoms with Gasteiger partial charge in [0, 0.05) is 18.2 Å². The van der Waals surface area contributed by atoms with Crippen LogP contribution in [-0.4, -0.2) is 48.9 Å². The largest absolute Gasteiger partial charge is 0.480 e. The van der Waals surface area contributed by atoms with Crippen LogP contribution in [0.15, 0.2) is 29.2 Å². The smallest absolute Gasteiger partial charge is 0.326 e. The van der Waals surface area contributed by atoms with Crippen LogP contribution in [0.3, 0.4) is 0 Å². The molecule has 2 N–H and O–H groups in total. The Morgan fingerprint density at radius 2 is 1.85 bits per heavy atom. The van der Waals surface area contributed by atoms with Crippen LogP contribution in [-0.2, 0) is 14.8 Å². The molecule has 26 heavy (non-hydrogen) atoms. The Kier molecular flexibility index (Phi) is 5.07. The lowest BCUT2D eigenvalue weighted by Gasteiger charge is -2.24. The fourth-order valence-corrected chi connectivity index (χ4v) is 5.40. The van der Waals surface area contributed by atoms with E-state index < -0.39 is 22.0 Å². The average molecular weight is 380 g/mol. The van der Waals surface area contributed by atoms with Crippen LogP contribution < -0.4 is 4.72 Å². The van der Waals surface area contributed by atoms with Crippen molar-refractivity contribution in [3.8, 4) is 0 Å². The molecular formula is C18H24N2O5S. The van der Waals surface area contributed by atoms with Gasteiger partial charge in [0.1, 0.15) is 6.04 Å². The summed E-state index contributed by atoms with van der Waals surface area (Å²) in [5.74, 6) is -1.05. The number of rotatable bonds is 5. The number of fused-ring (bicyclic) bond motifs is 1. The topological polar surface area (TPSA) is 104 Å². The molecule has 3 unspecified atom stereocenters. The van der Waals surface area contributed by atoms with Gasteiger partial charge in [-0.25, -0.2) is 17.9 Å². The summed E-state index contributed by atoms with van der Waals surface area (Å²) >= 11 is 0. The maximum atomic E-state index is 12.8. The van der Waals surface area contributed by atoms with Crippen LogP contribution in [0, 0.1) is 11.8 Å². The van der Waals surface area contributed by atoms with Crippen LogP contribution in [0.1, 0.15) is 43.5 Å². The number of carboxylic acids is 1. The van der Waals surface area contributed by atoms with Crippen LogP contribution in [0.25, 0.3) is 0 Å². The summed E-state index contributed by atoms with van der Waals surface area (Å²) in [6.07, 6.45) is 2.80. The SMILES string of the molecule is CC(C)NS(=O)(=O)c1ccc(C(=O)N2CC3CCCC3C2C(=O)O)cc1. The number of carboxylic acid groups (broad SMARTS) is 1. The van der Waals surface area contributed by atoms with E-state index in [1.807, 2.05) is 0 Å². The minimum Gasteiger partial charge on any atom is -0.480 e. The molecule has 1 saturated carbocycles. The van der Waals surface area contributed by atoms with E-state index in [9.17, 15) is 23.1 Å². The van der Waals surface area contributed by atoms with Crippen LogP contribution in [0.4, 0.5) is 0 Å². The Hall–Kier alpha value is -1.93. The molecule has 1 aromatic rings. The lowest BCUT2D eigenvalue weighted by molar-refractivity contribution is -0.142. The van der Waals surface area contributed by atoms with E-state index in [1.165, 1.54) is 29.2 Å². The van der Waals surface area contributed by atoms with E-state index >= 15 is 0 Å². The molecule has 2 aliphatic rings. The number of sulfonamides is 1. The van der Waals surface area contributed by atoms with E-state index in [0.717, 1.165) is 19.3 Å². The lowest BCUT2D eigenvalue weighted by Crippen LogP contribution is -2.43. The van der Waals surface area contributed by atoms with Crippen molar-refractivity contribution in [1.29, 1.82) is 0 Å². The van der Waals surface area contributed by atoms with Gasteiger partial charge >= 0.3 is 5.97 Å². The molecule has 0 bridgehead atoms. The second-order valence-electron chi connectivity index (χ2n) is 7.40. The molecule has 1 aliphatic carbocycles. The van der Waals surface area contributed by atoms with Gasteiger partial charge in [-0.15, -0.1) is 0 Å². The third kappa shape index (κ3) is 3.48. The van der Waals surface area contributed by atoms with Crippen molar-refractivity contribution in [2.45, 2.75) is 50.1 Å². The van der Waals surface area contributed by atoms with Crippen molar-refractivity contribution < 1.29 is 23.1 Å². The van der Waals surface area contributed by atoms with Crippen molar-refractivity contribution in [3.63, 3.8) is 0 Å². The number of nitrogens with one attached hydrogen (secondary N) is 1. The quantitative estimate of drug-likeness (QED) is 0.809. The summed E-state index contributed by atoms with van der Waals surface area (Å²) in [6.45, 7) is 3.91. The van der Waals surface area contributed by atoms with Gasteiger partial charge in [0.15, 0.2) is 0 Å². The zero-order chi connectivity index (χ0) is 19.1. The fraction of sp³-hybridized carbons (Fsp3) is 0.556. The number of hydrogen-bond acceptors (Lipinski definition) is 4. The lowest BCUT2D eigenvalue weighted by atomic mass is 9.94. The number of aliphatic carboxylic acids is 1. The maximum Gasteiger partial charge on any atom is 0.326 e. The van der Waals surface area contributed by atoms with Crippen LogP contribution >= 0.6 is 0 Å². The predicted molar refractivity (Wildman–Crippen MR) is 95.2 cm³/mol. The maximum absolute atomic E-state index is 12.8. The molecule has 1 aromatic carbocycles. The highest BCUT2D eigenvalue weighted by atomic mass is 32.2. The highest BCUT2D eigenvalue weighted by molar-refractivity contribution is 7.89. The summed E-state index contributed by atoms with van der Waals surface area (Å²) < 4.78 is 26.8. The highest BCUT2D eigenvalue weighted by Gasteiger charge is 2.49. The van der Waals surface area contributed by atoms with Gasteiger partial charge in [-0.1, -0.05) is 6.42 Å². The zero-order valence-corrected chi connectivity index (χ0v) is 15.7. The first kappa shape index (κ1) is 18.8. The van der Waals surface area contributed by atoms with Gasteiger partial charge in [0.05, 0.1) is 4.90 Å². The molecule has 0 spiro atoms. The molecule has 8 heteroatoms. The summed E-state index contributed by atoms with van der Waals surface area (Å²) in [7, 11) is -3.63. The Morgan fingerprint density at radius 1 is 1.19 bits per heavy atom. The number of likely N-dealkylation sites (tertiary alicyclic amines) is 1. The van der Waals surface area contributed by atoms with Gasteiger partial charge in [0.25, 0.3) is 5.91 Å². The highest BCUT2D eigenvalue weighted by Crippen LogP contribution is 2.42. The molecule has 3 atom stereocenters. The first-order chi connectivity index (χ1) is 12.2. The molecule has 2 fully saturated rings. The Morgan fingerprint density at radius 3 is 2.42 bits per heavy atom. The first-order valence-corrected chi connectivity index (χ1v) is 10.3. The molecular weight excluding hydrogens is 356 g/mol. The second-order valence-corrected chi connectivity index (χ2v) is 9.11. The molecule has 142 valence electrons. The Labute approximate surface area is 153 Å². The normalized spacial score (nSPS) is 25.5. The number of benzene rings is 1. The van der Waals surface area contributed by atoms with Crippen LogP contribution in [0.2, 0.25) is 0 Å². The standard InChI is InChI=1S/C18H24N2O5S/c1-11(2)19-26(24,25)14-8-6-12(7-9-14)17(21)20-10-13-4-3-5-15(13)16(20)18(22)23/h6-9,11,13,15-16,19H,3-5,10H2,1-2H3,(H,22,23). The fourth-order valence-electron chi connectivity index (χ4n) is 4.15. The van der Waals surface area contributed by atoms with Crippen molar-refractivity contribution in [1.82, 2.24) is 9.62 Å². The third-order valence-corrected chi connectivity index (χ3v) is 6.88. The van der Waals surface area contributed by atoms with Crippen molar-refractivity contribution in [2.24, 2.45) is 11.8 Å². The van der Waals surface area contributed by atoms with Gasteiger partial charge in [-0.05, 0) is 62.8 Å². The molecule has 0 radical (unpaired) electrons. The van der Waals surface area contributed by atoms with Gasteiger partial charge in [-0.2, -0.15) is 0 Å². The third-order valence-electron chi connectivity index (χ3n) is 5.21. The minimum atomic E-state index is -3.63. The predicted octanol–water partition coefficient (Wildman–Crippen LogP) is 1.70.